The Labute approximate surface area is 102 Å². The lowest BCUT2D eigenvalue weighted by atomic mass is 10.1. The van der Waals surface area contributed by atoms with Crippen LogP contribution in [0.1, 0.15) is 18.9 Å². The number of nitrogens with zero attached hydrogens (tertiary/aromatic N) is 1. The summed E-state index contributed by atoms with van der Waals surface area (Å²) in [6.45, 7) is 5.28. The van der Waals surface area contributed by atoms with Crippen LogP contribution < -0.4 is 4.90 Å². The first-order chi connectivity index (χ1) is 8.15. The van der Waals surface area contributed by atoms with Crippen LogP contribution in [-0.4, -0.2) is 24.2 Å². The normalized spacial score (nSPS) is 10.7. The van der Waals surface area contributed by atoms with E-state index in [1.165, 1.54) is 5.56 Å². The zero-order chi connectivity index (χ0) is 12.7. The van der Waals surface area contributed by atoms with Crippen molar-refractivity contribution in [2.75, 3.05) is 18.0 Å². The molecule has 3 heteroatoms. The highest BCUT2D eigenvalue weighted by atomic mass is 16.4. The second-order valence-electron chi connectivity index (χ2n) is 3.95. The highest BCUT2D eigenvalue weighted by Crippen LogP contribution is 2.19. The summed E-state index contributed by atoms with van der Waals surface area (Å²) in [5, 5.41) is 8.76. The van der Waals surface area contributed by atoms with Gasteiger partial charge in [0, 0.05) is 18.8 Å². The molecule has 17 heavy (non-hydrogen) atoms. The summed E-state index contributed by atoms with van der Waals surface area (Å²) in [5.41, 5.74) is 2.27. The van der Waals surface area contributed by atoms with Crippen LogP contribution in [0.3, 0.4) is 0 Å². The van der Waals surface area contributed by atoms with Crippen molar-refractivity contribution in [3.8, 4) is 0 Å². The molecule has 0 radical (unpaired) electrons. The van der Waals surface area contributed by atoms with E-state index in [0.717, 1.165) is 12.2 Å². The van der Waals surface area contributed by atoms with Crippen molar-refractivity contribution < 1.29 is 9.90 Å². The van der Waals surface area contributed by atoms with Gasteiger partial charge in [0.05, 0.1) is 6.42 Å². The average Bonchev–Trinajstić information content (AvgIpc) is 2.30. The van der Waals surface area contributed by atoms with Crippen LogP contribution in [-0.2, 0) is 4.79 Å². The maximum Gasteiger partial charge on any atom is 0.305 e. The summed E-state index contributed by atoms with van der Waals surface area (Å²) in [4.78, 5) is 12.7. The highest BCUT2D eigenvalue weighted by molar-refractivity contribution is 5.68. The van der Waals surface area contributed by atoms with E-state index in [4.69, 9.17) is 5.11 Å². The van der Waals surface area contributed by atoms with E-state index in [9.17, 15) is 4.79 Å². The zero-order valence-electron chi connectivity index (χ0n) is 10.4. The predicted octanol–water partition coefficient (Wildman–Crippen LogP) is 2.85. The second-order valence-corrected chi connectivity index (χ2v) is 3.95. The van der Waals surface area contributed by atoms with Crippen LogP contribution in [0.5, 0.6) is 0 Å². The lowest BCUT2D eigenvalue weighted by Crippen LogP contribution is -2.26. The van der Waals surface area contributed by atoms with Gasteiger partial charge in [-0.05, 0) is 25.5 Å². The number of para-hydroxylation sites is 1. The SMILES string of the molecule is C/C=C/CN(CCC(=O)O)c1ccccc1C. The smallest absolute Gasteiger partial charge is 0.305 e. The molecule has 0 spiro atoms. The van der Waals surface area contributed by atoms with Gasteiger partial charge in [-0.2, -0.15) is 0 Å². The summed E-state index contributed by atoms with van der Waals surface area (Å²) in [6.07, 6.45) is 4.17. The Kier molecular flexibility index (Phi) is 5.27. The van der Waals surface area contributed by atoms with E-state index in [2.05, 4.69) is 4.90 Å². The van der Waals surface area contributed by atoms with Crippen molar-refractivity contribution in [2.45, 2.75) is 20.3 Å². The molecule has 0 fully saturated rings. The summed E-state index contributed by atoms with van der Waals surface area (Å²) in [5.74, 6) is -0.760. The molecular formula is C14H19NO2. The minimum absolute atomic E-state index is 0.159. The molecule has 1 rings (SSSR count). The maximum absolute atomic E-state index is 10.6. The molecule has 1 N–H and O–H groups in total. The number of allylic oxidation sites excluding steroid dienone is 1. The van der Waals surface area contributed by atoms with E-state index in [-0.39, 0.29) is 6.42 Å². The highest BCUT2D eigenvalue weighted by Gasteiger charge is 2.08. The lowest BCUT2D eigenvalue weighted by Gasteiger charge is -2.24. The molecule has 92 valence electrons. The van der Waals surface area contributed by atoms with Crippen molar-refractivity contribution in [1.29, 1.82) is 0 Å². The predicted molar refractivity (Wildman–Crippen MR) is 70.5 cm³/mol. The number of carbonyl (C=O) groups is 1. The van der Waals surface area contributed by atoms with Crippen LogP contribution >= 0.6 is 0 Å². The number of aliphatic carboxylic acids is 1. The number of benzene rings is 1. The molecule has 0 aliphatic rings. The topological polar surface area (TPSA) is 40.5 Å². The molecule has 0 aromatic heterocycles. The second kappa shape index (κ2) is 6.74. The van der Waals surface area contributed by atoms with Crippen LogP contribution in [0.25, 0.3) is 0 Å². The lowest BCUT2D eigenvalue weighted by molar-refractivity contribution is -0.136. The van der Waals surface area contributed by atoms with Crippen LogP contribution in [0.15, 0.2) is 36.4 Å². The summed E-state index contributed by atoms with van der Waals surface area (Å²) in [7, 11) is 0. The van der Waals surface area contributed by atoms with E-state index in [1.807, 2.05) is 50.3 Å². The number of hydrogen-bond acceptors (Lipinski definition) is 2. The number of anilines is 1. The standard InChI is InChI=1S/C14H19NO2/c1-3-4-10-15(11-9-14(16)17)13-8-6-5-7-12(13)2/h3-8H,9-11H2,1-2H3,(H,16,17)/b4-3+. The Morgan fingerprint density at radius 1 is 1.41 bits per heavy atom. The molecule has 0 aliphatic carbocycles. The molecule has 0 bridgehead atoms. The number of carboxylic acid groups (broad SMARTS) is 1. The molecule has 0 atom stereocenters. The first kappa shape index (κ1) is 13.3. The summed E-state index contributed by atoms with van der Waals surface area (Å²) >= 11 is 0. The molecule has 1 aromatic rings. The minimum Gasteiger partial charge on any atom is -0.481 e. The van der Waals surface area contributed by atoms with Gasteiger partial charge < -0.3 is 10.0 Å². The summed E-state index contributed by atoms with van der Waals surface area (Å²) < 4.78 is 0. The average molecular weight is 233 g/mol. The molecule has 0 amide bonds. The molecule has 0 heterocycles. The van der Waals surface area contributed by atoms with Crippen molar-refractivity contribution in [3.63, 3.8) is 0 Å². The fourth-order valence-corrected chi connectivity index (χ4v) is 1.69. The molecule has 1 aromatic carbocycles. The van der Waals surface area contributed by atoms with Crippen LogP contribution in [0.4, 0.5) is 5.69 Å². The van der Waals surface area contributed by atoms with Gasteiger partial charge in [0.1, 0.15) is 0 Å². The van der Waals surface area contributed by atoms with E-state index >= 15 is 0 Å². The number of aryl methyl sites for hydroxylation is 1. The number of hydrogen-bond donors (Lipinski definition) is 1. The Balaban J connectivity index is 2.81. The van der Waals surface area contributed by atoms with E-state index in [1.54, 1.807) is 0 Å². The largest absolute Gasteiger partial charge is 0.481 e. The molecule has 0 unspecified atom stereocenters. The van der Waals surface area contributed by atoms with Crippen molar-refractivity contribution in [2.24, 2.45) is 0 Å². The first-order valence-corrected chi connectivity index (χ1v) is 5.78. The Morgan fingerprint density at radius 3 is 2.71 bits per heavy atom. The monoisotopic (exact) mass is 233 g/mol. The van der Waals surface area contributed by atoms with E-state index < -0.39 is 5.97 Å². The van der Waals surface area contributed by atoms with Gasteiger partial charge in [-0.15, -0.1) is 0 Å². The van der Waals surface area contributed by atoms with Crippen molar-refractivity contribution in [1.82, 2.24) is 0 Å². The number of carboxylic acids is 1. The fourth-order valence-electron chi connectivity index (χ4n) is 1.69. The third-order valence-corrected chi connectivity index (χ3v) is 2.61. The third-order valence-electron chi connectivity index (χ3n) is 2.61. The van der Waals surface area contributed by atoms with Gasteiger partial charge in [0.25, 0.3) is 0 Å². The van der Waals surface area contributed by atoms with E-state index in [0.29, 0.717) is 6.54 Å². The third kappa shape index (κ3) is 4.31. The quantitative estimate of drug-likeness (QED) is 0.768. The first-order valence-electron chi connectivity index (χ1n) is 5.78. The zero-order valence-corrected chi connectivity index (χ0v) is 10.4. The maximum atomic E-state index is 10.6. The van der Waals surface area contributed by atoms with Crippen LogP contribution in [0.2, 0.25) is 0 Å². The molecule has 0 aliphatic heterocycles. The van der Waals surface area contributed by atoms with Gasteiger partial charge in [-0.1, -0.05) is 30.4 Å². The molecule has 0 saturated carbocycles. The van der Waals surface area contributed by atoms with Crippen LogP contribution in [0, 0.1) is 6.92 Å². The molecule has 0 saturated heterocycles. The van der Waals surface area contributed by atoms with Gasteiger partial charge in [0.15, 0.2) is 0 Å². The fraction of sp³-hybridized carbons (Fsp3) is 0.357. The van der Waals surface area contributed by atoms with Crippen molar-refractivity contribution >= 4 is 11.7 Å². The van der Waals surface area contributed by atoms with Gasteiger partial charge >= 0.3 is 5.97 Å². The van der Waals surface area contributed by atoms with Crippen molar-refractivity contribution in [3.05, 3.63) is 42.0 Å². The minimum atomic E-state index is -0.760. The van der Waals surface area contributed by atoms with Gasteiger partial charge in [-0.3, -0.25) is 4.79 Å². The van der Waals surface area contributed by atoms with Gasteiger partial charge in [0.2, 0.25) is 0 Å². The van der Waals surface area contributed by atoms with Gasteiger partial charge in [-0.25, -0.2) is 0 Å². The Bertz CT molecular complexity index is 399. The Morgan fingerprint density at radius 2 is 2.12 bits per heavy atom. The Hall–Kier alpha value is -1.77. The number of rotatable bonds is 6. The molecule has 3 nitrogen and oxygen atoms in total. The molecular weight excluding hydrogens is 214 g/mol. The summed E-state index contributed by atoms with van der Waals surface area (Å²) in [6, 6.07) is 8.04.